The van der Waals surface area contributed by atoms with Crippen LogP contribution < -0.4 is 10.6 Å². The molecular weight excluding hydrogens is 324 g/mol. The standard InChI is InChI=1S/C17H28N4S2/c1-14(2)13-19-17(23)21-12-6-11-20(21)16(22)18-10-9-15-7-4-3-5-8-15/h7H,1,3-6,8-13H2,2H3,(H,18,22)(H,19,23). The number of allylic oxidation sites excluding steroid dienone is 1. The fourth-order valence-corrected chi connectivity index (χ4v) is 3.46. The van der Waals surface area contributed by atoms with Gasteiger partial charge in [0.05, 0.1) is 0 Å². The minimum atomic E-state index is 0.706. The van der Waals surface area contributed by atoms with Crippen molar-refractivity contribution in [1.29, 1.82) is 0 Å². The van der Waals surface area contributed by atoms with Crippen LogP contribution >= 0.6 is 24.4 Å². The summed E-state index contributed by atoms with van der Waals surface area (Å²) in [7, 11) is 0. The summed E-state index contributed by atoms with van der Waals surface area (Å²) in [5, 5.41) is 12.3. The fraction of sp³-hybridized carbons (Fsp3) is 0.647. The average Bonchev–Trinajstić information content (AvgIpc) is 3.03. The van der Waals surface area contributed by atoms with Crippen molar-refractivity contribution < 1.29 is 0 Å². The quantitative estimate of drug-likeness (QED) is 0.584. The summed E-state index contributed by atoms with van der Waals surface area (Å²) < 4.78 is 0. The SMILES string of the molecule is C=C(C)CNC(=S)N1CCCN1C(=S)NCCC1=CCCCC1. The summed E-state index contributed by atoms with van der Waals surface area (Å²) in [4.78, 5) is 0. The van der Waals surface area contributed by atoms with E-state index in [4.69, 9.17) is 24.4 Å². The molecule has 2 rings (SSSR count). The predicted molar refractivity (Wildman–Crippen MR) is 105 cm³/mol. The molecule has 0 spiro atoms. The van der Waals surface area contributed by atoms with Crippen molar-refractivity contribution in [1.82, 2.24) is 20.7 Å². The molecule has 0 unspecified atom stereocenters. The third-order valence-electron chi connectivity index (χ3n) is 4.15. The fourth-order valence-electron chi connectivity index (χ4n) is 2.90. The summed E-state index contributed by atoms with van der Waals surface area (Å²) >= 11 is 11.0. The van der Waals surface area contributed by atoms with Gasteiger partial charge in [-0.05, 0) is 69.9 Å². The Kier molecular flexibility index (Phi) is 7.30. The molecule has 0 amide bonds. The molecule has 0 saturated carbocycles. The van der Waals surface area contributed by atoms with E-state index in [1.54, 1.807) is 5.57 Å². The van der Waals surface area contributed by atoms with Gasteiger partial charge in [-0.2, -0.15) is 0 Å². The van der Waals surface area contributed by atoms with Crippen LogP contribution in [-0.4, -0.2) is 46.4 Å². The molecule has 0 aromatic heterocycles. The van der Waals surface area contributed by atoms with Gasteiger partial charge in [0.1, 0.15) is 0 Å². The third-order valence-corrected chi connectivity index (χ3v) is 4.86. The largest absolute Gasteiger partial charge is 0.361 e. The van der Waals surface area contributed by atoms with Gasteiger partial charge in [0.25, 0.3) is 0 Å². The number of nitrogens with zero attached hydrogens (tertiary/aromatic N) is 2. The summed E-state index contributed by atoms with van der Waals surface area (Å²) in [5.41, 5.74) is 2.64. The van der Waals surface area contributed by atoms with E-state index in [0.717, 1.165) is 48.3 Å². The second kappa shape index (κ2) is 9.23. The zero-order chi connectivity index (χ0) is 16.7. The number of thiocarbonyl (C=S) groups is 2. The van der Waals surface area contributed by atoms with Crippen LogP contribution in [-0.2, 0) is 0 Å². The van der Waals surface area contributed by atoms with Gasteiger partial charge >= 0.3 is 0 Å². The molecule has 0 aromatic rings. The molecule has 1 aliphatic carbocycles. The average molecular weight is 353 g/mol. The number of hydrazine groups is 1. The van der Waals surface area contributed by atoms with E-state index in [1.165, 1.54) is 25.7 Å². The monoisotopic (exact) mass is 352 g/mol. The van der Waals surface area contributed by atoms with Crippen molar-refractivity contribution in [3.63, 3.8) is 0 Å². The van der Waals surface area contributed by atoms with E-state index < -0.39 is 0 Å². The van der Waals surface area contributed by atoms with E-state index in [-0.39, 0.29) is 0 Å². The van der Waals surface area contributed by atoms with Crippen LogP contribution in [0.4, 0.5) is 0 Å². The lowest BCUT2D eigenvalue weighted by molar-refractivity contribution is 0.202. The lowest BCUT2D eigenvalue weighted by Crippen LogP contribution is -2.52. The molecule has 0 radical (unpaired) electrons. The van der Waals surface area contributed by atoms with Gasteiger partial charge in [0.2, 0.25) is 0 Å². The molecule has 128 valence electrons. The van der Waals surface area contributed by atoms with Crippen LogP contribution in [0.15, 0.2) is 23.8 Å². The first-order valence-corrected chi connectivity index (χ1v) is 9.32. The lowest BCUT2D eigenvalue weighted by atomic mass is 9.97. The lowest BCUT2D eigenvalue weighted by Gasteiger charge is -2.32. The van der Waals surface area contributed by atoms with Crippen molar-refractivity contribution in [3.8, 4) is 0 Å². The maximum Gasteiger partial charge on any atom is 0.188 e. The highest BCUT2D eigenvalue weighted by molar-refractivity contribution is 7.80. The van der Waals surface area contributed by atoms with Crippen LogP contribution in [0.25, 0.3) is 0 Å². The molecule has 23 heavy (non-hydrogen) atoms. The second-order valence-electron chi connectivity index (χ2n) is 6.31. The molecule has 2 N–H and O–H groups in total. The summed E-state index contributed by atoms with van der Waals surface area (Å²) in [5.74, 6) is 0. The highest BCUT2D eigenvalue weighted by Gasteiger charge is 2.26. The van der Waals surface area contributed by atoms with E-state index in [0.29, 0.717) is 6.54 Å². The van der Waals surface area contributed by atoms with Crippen LogP contribution in [0.3, 0.4) is 0 Å². The zero-order valence-corrected chi connectivity index (χ0v) is 15.7. The Morgan fingerprint density at radius 2 is 1.83 bits per heavy atom. The molecule has 1 aliphatic heterocycles. The first-order valence-electron chi connectivity index (χ1n) is 8.51. The smallest absolute Gasteiger partial charge is 0.188 e. The van der Waals surface area contributed by atoms with Gasteiger partial charge in [0.15, 0.2) is 10.2 Å². The molecule has 4 nitrogen and oxygen atoms in total. The van der Waals surface area contributed by atoms with Gasteiger partial charge in [-0.25, -0.2) is 0 Å². The van der Waals surface area contributed by atoms with Crippen molar-refractivity contribution in [2.75, 3.05) is 26.2 Å². The maximum atomic E-state index is 5.56. The molecule has 1 fully saturated rings. The number of hydrogen-bond donors (Lipinski definition) is 2. The maximum absolute atomic E-state index is 5.56. The van der Waals surface area contributed by atoms with E-state index in [1.807, 2.05) is 6.92 Å². The van der Waals surface area contributed by atoms with Gasteiger partial charge in [0, 0.05) is 26.2 Å². The molecule has 0 atom stereocenters. The predicted octanol–water partition coefficient (Wildman–Crippen LogP) is 3.12. The van der Waals surface area contributed by atoms with Crippen LogP contribution in [0.1, 0.15) is 45.4 Å². The van der Waals surface area contributed by atoms with E-state index >= 15 is 0 Å². The van der Waals surface area contributed by atoms with E-state index in [2.05, 4.69) is 33.3 Å². The van der Waals surface area contributed by atoms with Crippen LogP contribution in [0, 0.1) is 0 Å². The summed E-state index contributed by atoms with van der Waals surface area (Å²) in [6, 6.07) is 0. The van der Waals surface area contributed by atoms with Gasteiger partial charge in [-0.1, -0.05) is 23.8 Å². The molecule has 1 saturated heterocycles. The molecular formula is C17H28N4S2. The highest BCUT2D eigenvalue weighted by atomic mass is 32.1. The Hall–Kier alpha value is -1.14. The Balaban J connectivity index is 1.76. The minimum Gasteiger partial charge on any atom is -0.361 e. The molecule has 2 aliphatic rings. The summed E-state index contributed by atoms with van der Waals surface area (Å²) in [6.07, 6.45) is 9.72. The Labute approximate surface area is 150 Å². The molecule has 1 heterocycles. The molecule has 6 heteroatoms. The van der Waals surface area contributed by atoms with Gasteiger partial charge in [-0.15, -0.1) is 0 Å². The Morgan fingerprint density at radius 1 is 1.13 bits per heavy atom. The second-order valence-corrected chi connectivity index (χ2v) is 7.08. The Morgan fingerprint density at radius 3 is 2.43 bits per heavy atom. The Bertz CT molecular complexity index is 487. The topological polar surface area (TPSA) is 30.5 Å². The minimum absolute atomic E-state index is 0.706. The number of rotatable bonds is 5. The van der Waals surface area contributed by atoms with E-state index in [9.17, 15) is 0 Å². The first kappa shape index (κ1) is 18.2. The van der Waals surface area contributed by atoms with Crippen molar-refractivity contribution in [3.05, 3.63) is 23.8 Å². The van der Waals surface area contributed by atoms with Gasteiger partial charge < -0.3 is 10.6 Å². The van der Waals surface area contributed by atoms with Crippen molar-refractivity contribution in [2.45, 2.75) is 45.4 Å². The van der Waals surface area contributed by atoms with Crippen molar-refractivity contribution >= 4 is 34.7 Å². The van der Waals surface area contributed by atoms with Gasteiger partial charge in [-0.3, -0.25) is 10.0 Å². The van der Waals surface area contributed by atoms with Crippen LogP contribution in [0.5, 0.6) is 0 Å². The third kappa shape index (κ3) is 5.77. The first-order chi connectivity index (χ1) is 11.1. The van der Waals surface area contributed by atoms with Crippen LogP contribution in [0.2, 0.25) is 0 Å². The molecule has 0 aromatic carbocycles. The summed E-state index contributed by atoms with van der Waals surface area (Å²) in [6.45, 7) is 9.33. The van der Waals surface area contributed by atoms with Crippen molar-refractivity contribution in [2.24, 2.45) is 0 Å². The highest BCUT2D eigenvalue weighted by Crippen LogP contribution is 2.19. The molecule has 0 bridgehead atoms. The normalized spacial score (nSPS) is 17.7. The zero-order valence-electron chi connectivity index (χ0n) is 14.1. The number of hydrogen-bond acceptors (Lipinski definition) is 2. The number of nitrogens with one attached hydrogen (secondary N) is 2.